The van der Waals surface area contributed by atoms with Crippen LogP contribution in [0.15, 0.2) is 22.7 Å². The maximum absolute atomic E-state index is 5.72. The van der Waals surface area contributed by atoms with Gasteiger partial charge in [-0.1, -0.05) is 15.9 Å². The summed E-state index contributed by atoms with van der Waals surface area (Å²) in [5, 5.41) is 0. The van der Waals surface area contributed by atoms with Gasteiger partial charge in [-0.3, -0.25) is 0 Å². The average molecular weight is 326 g/mol. The molecule has 3 nitrogen and oxygen atoms in total. The molecule has 2 rings (SSSR count). The number of rotatable bonds is 5. The molecule has 0 spiro atoms. The number of likely N-dealkylation sites (tertiary alicyclic amines) is 1. The Morgan fingerprint density at radius 1 is 1.47 bits per heavy atom. The van der Waals surface area contributed by atoms with Crippen molar-refractivity contribution in [2.45, 2.75) is 25.3 Å². The van der Waals surface area contributed by atoms with E-state index in [9.17, 15) is 0 Å². The molecular formula is C15H24BrN3. The van der Waals surface area contributed by atoms with Crippen LogP contribution in [0.5, 0.6) is 0 Å². The third-order valence-electron chi connectivity index (χ3n) is 4.02. The Kier molecular flexibility index (Phi) is 5.25. The standard InChI is InChI=1S/C15H24BrN3/c1-18-9-3-4-14(18)11-19(2)15-6-5-13(16)10-12(15)7-8-17/h5-6,10,14H,3-4,7-9,11,17H2,1-2H3. The Labute approximate surface area is 124 Å². The van der Waals surface area contributed by atoms with Crippen molar-refractivity contribution in [1.29, 1.82) is 0 Å². The Morgan fingerprint density at radius 3 is 2.89 bits per heavy atom. The highest BCUT2D eigenvalue weighted by Gasteiger charge is 2.22. The topological polar surface area (TPSA) is 32.5 Å². The highest BCUT2D eigenvalue weighted by atomic mass is 79.9. The molecule has 106 valence electrons. The summed E-state index contributed by atoms with van der Waals surface area (Å²) in [5.41, 5.74) is 8.37. The molecule has 0 amide bonds. The second-order valence-corrected chi connectivity index (χ2v) is 6.38. The fourth-order valence-corrected chi connectivity index (χ4v) is 3.32. The first kappa shape index (κ1) is 14.8. The fraction of sp³-hybridized carbons (Fsp3) is 0.600. The third-order valence-corrected chi connectivity index (χ3v) is 4.52. The van der Waals surface area contributed by atoms with E-state index in [1.165, 1.54) is 30.6 Å². The first-order chi connectivity index (χ1) is 9.11. The second kappa shape index (κ2) is 6.73. The van der Waals surface area contributed by atoms with E-state index in [4.69, 9.17) is 5.73 Å². The first-order valence-corrected chi connectivity index (χ1v) is 7.81. The minimum absolute atomic E-state index is 0.680. The summed E-state index contributed by atoms with van der Waals surface area (Å²) in [4.78, 5) is 4.85. The lowest BCUT2D eigenvalue weighted by atomic mass is 10.1. The van der Waals surface area contributed by atoms with Crippen LogP contribution in [0.25, 0.3) is 0 Å². The molecule has 0 aromatic heterocycles. The average Bonchev–Trinajstić information content (AvgIpc) is 2.75. The molecule has 1 heterocycles. The minimum atomic E-state index is 0.680. The molecule has 1 fully saturated rings. The summed E-state index contributed by atoms with van der Waals surface area (Å²) < 4.78 is 1.13. The molecule has 0 aliphatic carbocycles. The first-order valence-electron chi connectivity index (χ1n) is 7.01. The molecule has 1 aromatic carbocycles. The van der Waals surface area contributed by atoms with Crippen molar-refractivity contribution < 1.29 is 0 Å². The van der Waals surface area contributed by atoms with E-state index < -0.39 is 0 Å². The van der Waals surface area contributed by atoms with Gasteiger partial charge in [0.05, 0.1) is 0 Å². The molecule has 2 N–H and O–H groups in total. The van der Waals surface area contributed by atoms with Crippen LogP contribution in [0.1, 0.15) is 18.4 Å². The van der Waals surface area contributed by atoms with Crippen LogP contribution in [0.2, 0.25) is 0 Å². The molecule has 0 bridgehead atoms. The lowest BCUT2D eigenvalue weighted by Crippen LogP contribution is -2.37. The van der Waals surface area contributed by atoms with Crippen molar-refractivity contribution in [3.63, 3.8) is 0 Å². The summed E-state index contributed by atoms with van der Waals surface area (Å²) in [6.07, 6.45) is 3.56. The highest BCUT2D eigenvalue weighted by Crippen LogP contribution is 2.26. The zero-order valence-corrected chi connectivity index (χ0v) is 13.5. The van der Waals surface area contributed by atoms with Gasteiger partial charge in [-0.05, 0) is 63.2 Å². The van der Waals surface area contributed by atoms with Crippen LogP contribution in [0.4, 0.5) is 5.69 Å². The van der Waals surface area contributed by atoms with Crippen molar-refractivity contribution in [3.05, 3.63) is 28.2 Å². The van der Waals surface area contributed by atoms with Gasteiger partial charge in [0.15, 0.2) is 0 Å². The Bertz CT molecular complexity index is 422. The number of benzene rings is 1. The Hall–Kier alpha value is -0.580. The fourth-order valence-electron chi connectivity index (χ4n) is 2.91. The van der Waals surface area contributed by atoms with E-state index in [-0.39, 0.29) is 0 Å². The Balaban J connectivity index is 2.11. The SMILES string of the molecule is CN(CC1CCCN1C)c1ccc(Br)cc1CCN. The third kappa shape index (κ3) is 3.71. The van der Waals surface area contributed by atoms with Crippen LogP contribution >= 0.6 is 15.9 Å². The summed E-state index contributed by atoms with van der Waals surface area (Å²) >= 11 is 3.55. The van der Waals surface area contributed by atoms with E-state index in [0.29, 0.717) is 12.6 Å². The summed E-state index contributed by atoms with van der Waals surface area (Å²) in [6, 6.07) is 7.19. The van der Waals surface area contributed by atoms with Gasteiger partial charge in [0.25, 0.3) is 0 Å². The predicted octanol–water partition coefficient (Wildman–Crippen LogP) is 2.48. The molecule has 1 aliphatic heterocycles. The van der Waals surface area contributed by atoms with Gasteiger partial charge < -0.3 is 15.5 Å². The molecule has 1 aliphatic rings. The quantitative estimate of drug-likeness (QED) is 0.902. The van der Waals surface area contributed by atoms with Crippen LogP contribution in [0.3, 0.4) is 0 Å². The molecule has 1 unspecified atom stereocenters. The normalized spacial score (nSPS) is 19.9. The smallest absolute Gasteiger partial charge is 0.0397 e. The zero-order chi connectivity index (χ0) is 13.8. The van der Waals surface area contributed by atoms with Crippen molar-refractivity contribution in [3.8, 4) is 0 Å². The van der Waals surface area contributed by atoms with E-state index in [0.717, 1.165) is 17.4 Å². The van der Waals surface area contributed by atoms with Crippen molar-refractivity contribution >= 4 is 21.6 Å². The van der Waals surface area contributed by atoms with Gasteiger partial charge in [0.1, 0.15) is 0 Å². The van der Waals surface area contributed by atoms with Gasteiger partial charge in [0, 0.05) is 29.8 Å². The lowest BCUT2D eigenvalue weighted by Gasteiger charge is -2.29. The van der Waals surface area contributed by atoms with E-state index in [2.05, 4.69) is 58.0 Å². The minimum Gasteiger partial charge on any atom is -0.373 e. The van der Waals surface area contributed by atoms with E-state index in [1.807, 2.05) is 0 Å². The number of hydrogen-bond donors (Lipinski definition) is 1. The largest absolute Gasteiger partial charge is 0.373 e. The van der Waals surface area contributed by atoms with Crippen LogP contribution < -0.4 is 10.6 Å². The van der Waals surface area contributed by atoms with Crippen molar-refractivity contribution in [2.75, 3.05) is 38.6 Å². The van der Waals surface area contributed by atoms with Gasteiger partial charge >= 0.3 is 0 Å². The number of nitrogens with zero attached hydrogens (tertiary/aromatic N) is 2. The van der Waals surface area contributed by atoms with E-state index >= 15 is 0 Å². The van der Waals surface area contributed by atoms with Gasteiger partial charge in [-0.2, -0.15) is 0 Å². The van der Waals surface area contributed by atoms with Crippen molar-refractivity contribution in [1.82, 2.24) is 4.90 Å². The Morgan fingerprint density at radius 2 is 2.26 bits per heavy atom. The van der Waals surface area contributed by atoms with Gasteiger partial charge in [-0.25, -0.2) is 0 Å². The molecule has 0 saturated carbocycles. The number of anilines is 1. The molecule has 19 heavy (non-hydrogen) atoms. The van der Waals surface area contributed by atoms with Crippen LogP contribution in [-0.2, 0) is 6.42 Å². The van der Waals surface area contributed by atoms with Crippen molar-refractivity contribution in [2.24, 2.45) is 5.73 Å². The number of nitrogens with two attached hydrogens (primary N) is 1. The summed E-state index contributed by atoms with van der Waals surface area (Å²) in [7, 11) is 4.42. The lowest BCUT2D eigenvalue weighted by molar-refractivity contribution is 0.314. The number of likely N-dealkylation sites (N-methyl/N-ethyl adjacent to an activating group) is 2. The maximum Gasteiger partial charge on any atom is 0.0397 e. The van der Waals surface area contributed by atoms with Gasteiger partial charge in [0.2, 0.25) is 0 Å². The number of halogens is 1. The molecule has 0 radical (unpaired) electrons. The maximum atomic E-state index is 5.72. The predicted molar refractivity (Wildman–Crippen MR) is 85.8 cm³/mol. The van der Waals surface area contributed by atoms with Gasteiger partial charge in [-0.15, -0.1) is 0 Å². The van der Waals surface area contributed by atoms with Crippen LogP contribution in [0, 0.1) is 0 Å². The summed E-state index contributed by atoms with van der Waals surface area (Å²) in [6.45, 7) is 3.02. The highest BCUT2D eigenvalue weighted by molar-refractivity contribution is 9.10. The number of hydrogen-bond acceptors (Lipinski definition) is 3. The second-order valence-electron chi connectivity index (χ2n) is 5.47. The molecule has 1 aromatic rings. The van der Waals surface area contributed by atoms with Crippen LogP contribution in [-0.4, -0.2) is 44.7 Å². The molecule has 1 atom stereocenters. The monoisotopic (exact) mass is 325 g/mol. The summed E-state index contributed by atoms with van der Waals surface area (Å²) in [5.74, 6) is 0. The molecule has 4 heteroatoms. The molecule has 1 saturated heterocycles. The molecular weight excluding hydrogens is 302 g/mol. The van der Waals surface area contributed by atoms with E-state index in [1.54, 1.807) is 0 Å². The zero-order valence-electron chi connectivity index (χ0n) is 11.9.